The maximum Gasteiger partial charge on any atom is 0.407 e. The Morgan fingerprint density at radius 2 is 1.78 bits per heavy atom. The average Bonchev–Trinajstić information content (AvgIpc) is 2.61. The van der Waals surface area contributed by atoms with Crippen LogP contribution in [0.3, 0.4) is 0 Å². The molecule has 0 aliphatic carbocycles. The molecule has 0 fully saturated rings. The summed E-state index contributed by atoms with van der Waals surface area (Å²) < 4.78 is 10.3. The number of amides is 1. The Balaban J connectivity index is 1.82. The van der Waals surface area contributed by atoms with Gasteiger partial charge < -0.3 is 19.9 Å². The van der Waals surface area contributed by atoms with Gasteiger partial charge in [0, 0.05) is 0 Å². The summed E-state index contributed by atoms with van der Waals surface area (Å²) in [5.41, 5.74) is 1.91. The molecule has 0 spiro atoms. The number of carbonyl (C=O) groups excluding carboxylic acids is 1. The quantitative estimate of drug-likeness (QED) is 0.824. The SMILES string of the molecule is COc1ccc(C[C@H](CO)NC(=O)OCc2ccccc2)cc1. The van der Waals surface area contributed by atoms with Crippen LogP contribution in [0.25, 0.3) is 0 Å². The van der Waals surface area contributed by atoms with Crippen LogP contribution in [0.5, 0.6) is 5.75 Å². The highest BCUT2D eigenvalue weighted by atomic mass is 16.5. The highest BCUT2D eigenvalue weighted by Gasteiger charge is 2.13. The van der Waals surface area contributed by atoms with E-state index in [1.807, 2.05) is 54.6 Å². The molecule has 1 atom stereocenters. The predicted octanol–water partition coefficient (Wildman–Crippen LogP) is 2.53. The Labute approximate surface area is 135 Å². The van der Waals surface area contributed by atoms with Gasteiger partial charge in [0.2, 0.25) is 0 Å². The van der Waals surface area contributed by atoms with E-state index in [2.05, 4.69) is 5.32 Å². The van der Waals surface area contributed by atoms with Crippen LogP contribution >= 0.6 is 0 Å². The zero-order valence-electron chi connectivity index (χ0n) is 13.1. The van der Waals surface area contributed by atoms with E-state index in [9.17, 15) is 9.90 Å². The number of carbonyl (C=O) groups is 1. The molecule has 0 aliphatic heterocycles. The summed E-state index contributed by atoms with van der Waals surface area (Å²) in [6.07, 6.45) is -0.0255. The number of hydrogen-bond acceptors (Lipinski definition) is 4. The molecule has 2 N–H and O–H groups in total. The topological polar surface area (TPSA) is 67.8 Å². The number of methoxy groups -OCH3 is 1. The van der Waals surface area contributed by atoms with E-state index in [4.69, 9.17) is 9.47 Å². The van der Waals surface area contributed by atoms with Crippen LogP contribution in [0.1, 0.15) is 11.1 Å². The fourth-order valence-electron chi connectivity index (χ4n) is 2.14. The minimum Gasteiger partial charge on any atom is -0.497 e. The van der Waals surface area contributed by atoms with Gasteiger partial charge in [-0.3, -0.25) is 0 Å². The molecular weight excluding hydrogens is 294 g/mol. The van der Waals surface area contributed by atoms with Crippen molar-refractivity contribution in [2.24, 2.45) is 0 Å². The van der Waals surface area contributed by atoms with Gasteiger partial charge in [-0.05, 0) is 29.7 Å². The van der Waals surface area contributed by atoms with Crippen molar-refractivity contribution in [3.63, 3.8) is 0 Å². The van der Waals surface area contributed by atoms with Crippen molar-refractivity contribution in [2.45, 2.75) is 19.1 Å². The third-order valence-electron chi connectivity index (χ3n) is 3.40. The van der Waals surface area contributed by atoms with Crippen LogP contribution in [0.2, 0.25) is 0 Å². The summed E-state index contributed by atoms with van der Waals surface area (Å²) in [4.78, 5) is 11.8. The van der Waals surface area contributed by atoms with E-state index in [1.165, 1.54) is 0 Å². The first-order valence-corrected chi connectivity index (χ1v) is 7.42. The second-order valence-corrected chi connectivity index (χ2v) is 5.14. The van der Waals surface area contributed by atoms with Crippen LogP contribution < -0.4 is 10.1 Å². The number of rotatable bonds is 7. The standard InChI is InChI=1S/C18H21NO4/c1-22-17-9-7-14(8-10-17)11-16(12-20)19-18(21)23-13-15-5-3-2-4-6-15/h2-10,16,20H,11-13H2,1H3,(H,19,21)/t16-/m1/s1. The average molecular weight is 315 g/mol. The summed E-state index contributed by atoms with van der Waals surface area (Å²) in [6.45, 7) is 0.0415. The van der Waals surface area contributed by atoms with Gasteiger partial charge in [0.25, 0.3) is 0 Å². The molecule has 0 radical (unpaired) electrons. The summed E-state index contributed by atoms with van der Waals surface area (Å²) in [6, 6.07) is 16.5. The van der Waals surface area contributed by atoms with E-state index in [-0.39, 0.29) is 13.2 Å². The van der Waals surface area contributed by atoms with Gasteiger partial charge in [0.1, 0.15) is 12.4 Å². The first-order valence-electron chi connectivity index (χ1n) is 7.42. The highest BCUT2D eigenvalue weighted by Crippen LogP contribution is 2.12. The van der Waals surface area contributed by atoms with E-state index >= 15 is 0 Å². The van der Waals surface area contributed by atoms with Gasteiger partial charge >= 0.3 is 6.09 Å². The monoisotopic (exact) mass is 315 g/mol. The Hall–Kier alpha value is -2.53. The largest absolute Gasteiger partial charge is 0.497 e. The minimum absolute atomic E-state index is 0.160. The molecule has 23 heavy (non-hydrogen) atoms. The highest BCUT2D eigenvalue weighted by molar-refractivity contribution is 5.67. The van der Waals surface area contributed by atoms with Crippen molar-refractivity contribution in [2.75, 3.05) is 13.7 Å². The molecule has 122 valence electrons. The van der Waals surface area contributed by atoms with Crippen LogP contribution in [0, 0.1) is 0 Å². The molecule has 0 heterocycles. The Bertz CT molecular complexity index is 598. The number of nitrogens with one attached hydrogen (secondary N) is 1. The normalized spacial score (nSPS) is 11.6. The molecule has 0 saturated carbocycles. The van der Waals surface area contributed by atoms with Gasteiger partial charge in [0.15, 0.2) is 0 Å². The summed E-state index contributed by atoms with van der Waals surface area (Å²) >= 11 is 0. The maximum absolute atomic E-state index is 11.8. The van der Waals surface area contributed by atoms with Crippen LogP contribution in [-0.4, -0.2) is 31.0 Å². The van der Waals surface area contributed by atoms with Crippen LogP contribution in [-0.2, 0) is 17.8 Å². The molecule has 0 bridgehead atoms. The lowest BCUT2D eigenvalue weighted by atomic mass is 10.1. The Morgan fingerprint density at radius 1 is 1.09 bits per heavy atom. The molecular formula is C18H21NO4. The molecule has 0 aliphatic rings. The fourth-order valence-corrected chi connectivity index (χ4v) is 2.14. The molecule has 1 amide bonds. The minimum atomic E-state index is -0.540. The third kappa shape index (κ3) is 5.64. The number of hydrogen-bond donors (Lipinski definition) is 2. The zero-order valence-corrected chi connectivity index (χ0v) is 13.1. The fraction of sp³-hybridized carbons (Fsp3) is 0.278. The number of benzene rings is 2. The van der Waals surface area contributed by atoms with Crippen molar-refractivity contribution in [3.8, 4) is 5.75 Å². The smallest absolute Gasteiger partial charge is 0.407 e. The van der Waals surface area contributed by atoms with Crippen LogP contribution in [0.15, 0.2) is 54.6 Å². The maximum atomic E-state index is 11.8. The number of aliphatic hydroxyl groups is 1. The van der Waals surface area contributed by atoms with E-state index in [0.29, 0.717) is 6.42 Å². The molecule has 2 aromatic rings. The first kappa shape index (κ1) is 16.8. The molecule has 0 aromatic heterocycles. The molecule has 2 rings (SSSR count). The van der Waals surface area contributed by atoms with E-state index < -0.39 is 12.1 Å². The van der Waals surface area contributed by atoms with Gasteiger partial charge in [-0.15, -0.1) is 0 Å². The van der Waals surface area contributed by atoms with Crippen molar-refractivity contribution in [1.29, 1.82) is 0 Å². The molecule has 5 nitrogen and oxygen atoms in total. The number of ether oxygens (including phenoxy) is 2. The first-order chi connectivity index (χ1) is 11.2. The van der Waals surface area contributed by atoms with Crippen molar-refractivity contribution < 1.29 is 19.4 Å². The summed E-state index contributed by atoms with van der Waals surface area (Å²) in [5, 5.41) is 12.1. The summed E-state index contributed by atoms with van der Waals surface area (Å²) in [5.74, 6) is 0.768. The van der Waals surface area contributed by atoms with Gasteiger partial charge in [0.05, 0.1) is 19.8 Å². The lowest BCUT2D eigenvalue weighted by Gasteiger charge is -2.16. The van der Waals surface area contributed by atoms with Crippen molar-refractivity contribution in [1.82, 2.24) is 5.32 Å². The molecule has 2 aromatic carbocycles. The van der Waals surface area contributed by atoms with Crippen molar-refractivity contribution in [3.05, 3.63) is 65.7 Å². The zero-order chi connectivity index (χ0) is 16.5. The summed E-state index contributed by atoms with van der Waals surface area (Å²) in [7, 11) is 1.61. The van der Waals surface area contributed by atoms with E-state index in [0.717, 1.165) is 16.9 Å². The van der Waals surface area contributed by atoms with Gasteiger partial charge in [-0.2, -0.15) is 0 Å². The molecule has 0 saturated heterocycles. The van der Waals surface area contributed by atoms with E-state index in [1.54, 1.807) is 7.11 Å². The molecule has 5 heteroatoms. The Morgan fingerprint density at radius 3 is 2.39 bits per heavy atom. The van der Waals surface area contributed by atoms with Gasteiger partial charge in [-0.1, -0.05) is 42.5 Å². The molecule has 0 unspecified atom stereocenters. The van der Waals surface area contributed by atoms with Crippen molar-refractivity contribution >= 4 is 6.09 Å². The van der Waals surface area contributed by atoms with Gasteiger partial charge in [-0.25, -0.2) is 4.79 Å². The second-order valence-electron chi connectivity index (χ2n) is 5.14. The van der Waals surface area contributed by atoms with Crippen LogP contribution in [0.4, 0.5) is 4.79 Å². The predicted molar refractivity (Wildman–Crippen MR) is 87.3 cm³/mol. The second kappa shape index (κ2) is 8.80. The Kier molecular flexibility index (Phi) is 6.44. The third-order valence-corrected chi connectivity index (χ3v) is 3.40. The number of aliphatic hydroxyl groups excluding tert-OH is 1. The lowest BCUT2D eigenvalue weighted by Crippen LogP contribution is -2.39. The lowest BCUT2D eigenvalue weighted by molar-refractivity contribution is 0.129. The number of alkyl carbamates (subject to hydrolysis) is 1.